The van der Waals surface area contributed by atoms with Crippen molar-refractivity contribution in [3.63, 3.8) is 0 Å². The average Bonchev–Trinajstić information content (AvgIpc) is 2.48. The van der Waals surface area contributed by atoms with E-state index >= 15 is 0 Å². The molecule has 1 aromatic heterocycles. The minimum Gasteiger partial charge on any atom is -0.313 e. The molecule has 2 rings (SSSR count). The highest BCUT2D eigenvalue weighted by molar-refractivity contribution is 6.31. The van der Waals surface area contributed by atoms with Gasteiger partial charge in [-0.05, 0) is 60.8 Å². The highest BCUT2D eigenvalue weighted by Crippen LogP contribution is 2.26. The molecule has 0 radical (unpaired) electrons. The summed E-state index contributed by atoms with van der Waals surface area (Å²) < 4.78 is 13.4. The summed E-state index contributed by atoms with van der Waals surface area (Å²) >= 11 is 6.15. The Morgan fingerprint density at radius 2 is 2.10 bits per heavy atom. The third-order valence-electron chi connectivity index (χ3n) is 3.48. The van der Waals surface area contributed by atoms with Crippen LogP contribution in [0.2, 0.25) is 5.02 Å². The molecule has 0 aliphatic rings. The predicted molar refractivity (Wildman–Crippen MR) is 80.5 cm³/mol. The van der Waals surface area contributed by atoms with E-state index in [1.807, 2.05) is 19.3 Å². The zero-order valence-corrected chi connectivity index (χ0v) is 12.4. The molecule has 0 aliphatic heterocycles. The molecule has 1 N–H and O–H groups in total. The van der Waals surface area contributed by atoms with Crippen LogP contribution in [0.5, 0.6) is 0 Å². The molecule has 0 amide bonds. The molecule has 1 unspecified atom stereocenters. The van der Waals surface area contributed by atoms with Gasteiger partial charge < -0.3 is 5.32 Å². The number of pyridine rings is 1. The number of hydrogen-bond donors (Lipinski definition) is 1. The minimum absolute atomic E-state index is 0.0900. The fourth-order valence-corrected chi connectivity index (χ4v) is 2.56. The monoisotopic (exact) mass is 292 g/mol. The summed E-state index contributed by atoms with van der Waals surface area (Å²) in [6, 6.07) is 6.58. The van der Waals surface area contributed by atoms with Crippen LogP contribution < -0.4 is 5.32 Å². The second-order valence-electron chi connectivity index (χ2n) is 4.71. The molecule has 1 heterocycles. The van der Waals surface area contributed by atoms with Gasteiger partial charge in [-0.1, -0.05) is 18.5 Å². The Kier molecular flexibility index (Phi) is 5.10. The molecule has 1 aromatic carbocycles. The average molecular weight is 293 g/mol. The standard InChI is InChI=1S/C16H18ClFN2/c1-3-11-10-20-7-6-14(11)16(19-2)9-12-8-13(18)4-5-15(12)17/h4-8,10,16,19H,3,9H2,1-2H3. The molecule has 0 saturated carbocycles. The first kappa shape index (κ1) is 14.9. The number of likely N-dealkylation sites (N-methyl/N-ethyl adjacent to an activating group) is 1. The van der Waals surface area contributed by atoms with E-state index < -0.39 is 0 Å². The maximum Gasteiger partial charge on any atom is 0.123 e. The summed E-state index contributed by atoms with van der Waals surface area (Å²) in [6.45, 7) is 2.10. The van der Waals surface area contributed by atoms with Crippen molar-refractivity contribution in [2.45, 2.75) is 25.8 Å². The SMILES string of the molecule is CCc1cnccc1C(Cc1cc(F)ccc1Cl)NC. The Balaban J connectivity index is 2.31. The number of nitrogens with zero attached hydrogens (tertiary/aromatic N) is 1. The summed E-state index contributed by atoms with van der Waals surface area (Å²) in [5, 5.41) is 3.88. The molecule has 0 saturated heterocycles. The third kappa shape index (κ3) is 3.35. The lowest BCUT2D eigenvalue weighted by Crippen LogP contribution is -2.20. The molecule has 2 aromatic rings. The molecule has 0 bridgehead atoms. The van der Waals surface area contributed by atoms with Gasteiger partial charge >= 0.3 is 0 Å². The number of nitrogens with one attached hydrogen (secondary N) is 1. The van der Waals surface area contributed by atoms with Crippen molar-refractivity contribution in [1.29, 1.82) is 0 Å². The van der Waals surface area contributed by atoms with E-state index in [1.165, 1.54) is 23.3 Å². The Labute approximate surface area is 124 Å². The molecular formula is C16H18ClFN2. The van der Waals surface area contributed by atoms with Crippen molar-refractivity contribution >= 4 is 11.6 Å². The molecule has 20 heavy (non-hydrogen) atoms. The van der Waals surface area contributed by atoms with Crippen LogP contribution in [0.4, 0.5) is 4.39 Å². The van der Waals surface area contributed by atoms with Crippen LogP contribution in [0.3, 0.4) is 0 Å². The van der Waals surface area contributed by atoms with E-state index in [0.29, 0.717) is 11.4 Å². The number of aryl methyl sites for hydroxylation is 1. The van der Waals surface area contributed by atoms with Gasteiger partial charge in [-0.3, -0.25) is 4.98 Å². The number of hydrogen-bond acceptors (Lipinski definition) is 2. The fraction of sp³-hybridized carbons (Fsp3) is 0.312. The Bertz CT molecular complexity index is 586. The maximum absolute atomic E-state index is 13.4. The number of benzene rings is 1. The van der Waals surface area contributed by atoms with E-state index in [1.54, 1.807) is 12.3 Å². The fourth-order valence-electron chi connectivity index (χ4n) is 2.36. The zero-order valence-electron chi connectivity index (χ0n) is 11.7. The molecular weight excluding hydrogens is 275 g/mol. The van der Waals surface area contributed by atoms with Crippen molar-refractivity contribution in [2.24, 2.45) is 0 Å². The quantitative estimate of drug-likeness (QED) is 0.903. The highest BCUT2D eigenvalue weighted by atomic mass is 35.5. The van der Waals surface area contributed by atoms with Gasteiger partial charge in [0.05, 0.1) is 0 Å². The van der Waals surface area contributed by atoms with E-state index in [0.717, 1.165) is 12.0 Å². The van der Waals surface area contributed by atoms with Gasteiger partial charge in [0.2, 0.25) is 0 Å². The van der Waals surface area contributed by atoms with Crippen molar-refractivity contribution in [2.75, 3.05) is 7.05 Å². The van der Waals surface area contributed by atoms with Crippen molar-refractivity contribution in [3.8, 4) is 0 Å². The number of rotatable bonds is 5. The predicted octanol–water partition coefficient (Wildman–Crippen LogP) is 3.94. The van der Waals surface area contributed by atoms with Crippen LogP contribution >= 0.6 is 11.6 Å². The third-order valence-corrected chi connectivity index (χ3v) is 3.85. The van der Waals surface area contributed by atoms with Crippen LogP contribution in [0.1, 0.15) is 29.7 Å². The molecule has 1 atom stereocenters. The lowest BCUT2D eigenvalue weighted by atomic mass is 9.95. The molecule has 0 spiro atoms. The first-order valence-electron chi connectivity index (χ1n) is 6.69. The minimum atomic E-state index is -0.260. The van der Waals surface area contributed by atoms with E-state index in [9.17, 15) is 4.39 Å². The van der Waals surface area contributed by atoms with Crippen molar-refractivity contribution in [1.82, 2.24) is 10.3 Å². The molecule has 2 nitrogen and oxygen atoms in total. The Morgan fingerprint density at radius 1 is 1.30 bits per heavy atom. The van der Waals surface area contributed by atoms with Gasteiger partial charge in [0.25, 0.3) is 0 Å². The van der Waals surface area contributed by atoms with Gasteiger partial charge in [-0.2, -0.15) is 0 Å². The number of aromatic nitrogens is 1. The van der Waals surface area contributed by atoms with E-state index in [4.69, 9.17) is 11.6 Å². The van der Waals surface area contributed by atoms with Crippen LogP contribution in [0.25, 0.3) is 0 Å². The Hall–Kier alpha value is -1.45. The topological polar surface area (TPSA) is 24.9 Å². The first-order valence-corrected chi connectivity index (χ1v) is 7.07. The molecule has 0 aliphatic carbocycles. The maximum atomic E-state index is 13.4. The van der Waals surface area contributed by atoms with Crippen molar-refractivity contribution < 1.29 is 4.39 Å². The van der Waals surface area contributed by atoms with Gasteiger partial charge in [-0.15, -0.1) is 0 Å². The summed E-state index contributed by atoms with van der Waals surface area (Å²) in [5.41, 5.74) is 3.19. The van der Waals surface area contributed by atoms with Gasteiger partial charge in [0.15, 0.2) is 0 Å². The highest BCUT2D eigenvalue weighted by Gasteiger charge is 2.15. The van der Waals surface area contributed by atoms with Crippen LogP contribution in [0, 0.1) is 5.82 Å². The van der Waals surface area contributed by atoms with Gasteiger partial charge in [0, 0.05) is 23.5 Å². The smallest absolute Gasteiger partial charge is 0.123 e. The summed E-state index contributed by atoms with van der Waals surface area (Å²) in [5.74, 6) is -0.260. The van der Waals surface area contributed by atoms with E-state index in [-0.39, 0.29) is 11.9 Å². The summed E-state index contributed by atoms with van der Waals surface area (Å²) in [4.78, 5) is 4.16. The largest absolute Gasteiger partial charge is 0.313 e. The second-order valence-corrected chi connectivity index (χ2v) is 5.12. The normalized spacial score (nSPS) is 12.4. The summed E-state index contributed by atoms with van der Waals surface area (Å²) in [7, 11) is 1.90. The van der Waals surface area contributed by atoms with E-state index in [2.05, 4.69) is 17.2 Å². The summed E-state index contributed by atoms with van der Waals surface area (Å²) in [6.07, 6.45) is 5.22. The van der Waals surface area contributed by atoms with Crippen LogP contribution in [0.15, 0.2) is 36.7 Å². The van der Waals surface area contributed by atoms with Crippen LogP contribution in [-0.4, -0.2) is 12.0 Å². The van der Waals surface area contributed by atoms with Gasteiger partial charge in [-0.25, -0.2) is 4.39 Å². The van der Waals surface area contributed by atoms with Gasteiger partial charge in [0.1, 0.15) is 5.82 Å². The molecule has 106 valence electrons. The lowest BCUT2D eigenvalue weighted by molar-refractivity contribution is 0.579. The lowest BCUT2D eigenvalue weighted by Gasteiger charge is -2.20. The first-order chi connectivity index (χ1) is 9.65. The molecule has 0 fully saturated rings. The van der Waals surface area contributed by atoms with Crippen molar-refractivity contribution in [3.05, 3.63) is 64.2 Å². The zero-order chi connectivity index (χ0) is 14.5. The second kappa shape index (κ2) is 6.82. The number of halogens is 2. The van der Waals surface area contributed by atoms with Crippen LogP contribution in [-0.2, 0) is 12.8 Å². The Morgan fingerprint density at radius 3 is 2.80 bits per heavy atom. The molecule has 4 heteroatoms.